The van der Waals surface area contributed by atoms with Crippen LogP contribution in [0.25, 0.3) is 0 Å². The van der Waals surface area contributed by atoms with E-state index < -0.39 is 5.82 Å². The number of nitrogens with two attached hydrogens (primary N) is 1. The number of rotatable bonds is 4. The molecule has 0 bridgehead atoms. The SMILES string of the molecule is CO/N=C/c1c(N)ncnc1Oc1ccc(F)c(Cl)c1. The Morgan fingerprint density at radius 1 is 1.40 bits per heavy atom. The number of nitrogens with zero attached hydrogens (tertiary/aromatic N) is 3. The van der Waals surface area contributed by atoms with Gasteiger partial charge in [0, 0.05) is 6.07 Å². The van der Waals surface area contributed by atoms with E-state index in [9.17, 15) is 4.39 Å². The van der Waals surface area contributed by atoms with Gasteiger partial charge in [-0.3, -0.25) is 0 Å². The van der Waals surface area contributed by atoms with Gasteiger partial charge in [0.25, 0.3) is 0 Å². The molecule has 8 heteroatoms. The van der Waals surface area contributed by atoms with Crippen molar-refractivity contribution in [3.05, 3.63) is 40.9 Å². The molecular formula is C12H10ClFN4O2. The van der Waals surface area contributed by atoms with Crippen LogP contribution in [-0.4, -0.2) is 23.3 Å². The van der Waals surface area contributed by atoms with Gasteiger partial charge in [-0.25, -0.2) is 14.4 Å². The molecule has 0 radical (unpaired) electrons. The molecule has 0 aliphatic heterocycles. The lowest BCUT2D eigenvalue weighted by Gasteiger charge is -2.08. The zero-order valence-corrected chi connectivity index (χ0v) is 11.1. The number of hydrogen-bond acceptors (Lipinski definition) is 6. The van der Waals surface area contributed by atoms with Gasteiger partial charge >= 0.3 is 0 Å². The molecule has 2 aromatic rings. The van der Waals surface area contributed by atoms with Crippen LogP contribution in [0.2, 0.25) is 5.02 Å². The molecule has 1 aromatic heterocycles. The van der Waals surface area contributed by atoms with Crippen molar-refractivity contribution in [2.24, 2.45) is 5.16 Å². The molecule has 0 atom stereocenters. The maximum atomic E-state index is 13.1. The number of anilines is 1. The minimum Gasteiger partial charge on any atom is -0.438 e. The third-order valence-corrected chi connectivity index (χ3v) is 2.56. The van der Waals surface area contributed by atoms with E-state index in [-0.39, 0.29) is 16.7 Å². The molecule has 0 aliphatic rings. The van der Waals surface area contributed by atoms with Gasteiger partial charge in [-0.15, -0.1) is 0 Å². The molecule has 0 aliphatic carbocycles. The van der Waals surface area contributed by atoms with E-state index in [2.05, 4.69) is 20.0 Å². The van der Waals surface area contributed by atoms with E-state index >= 15 is 0 Å². The monoisotopic (exact) mass is 296 g/mol. The summed E-state index contributed by atoms with van der Waals surface area (Å²) >= 11 is 5.68. The number of benzene rings is 1. The molecular weight excluding hydrogens is 287 g/mol. The summed E-state index contributed by atoms with van der Waals surface area (Å²) < 4.78 is 18.6. The Balaban J connectivity index is 2.35. The number of halogens is 2. The first-order valence-electron chi connectivity index (χ1n) is 5.41. The minimum atomic E-state index is -0.539. The normalized spacial score (nSPS) is 10.8. The first kappa shape index (κ1) is 14.0. The number of hydrogen-bond donors (Lipinski definition) is 1. The highest BCUT2D eigenvalue weighted by Gasteiger charge is 2.11. The van der Waals surface area contributed by atoms with E-state index in [4.69, 9.17) is 22.1 Å². The molecule has 20 heavy (non-hydrogen) atoms. The lowest BCUT2D eigenvalue weighted by molar-refractivity contribution is 0.215. The van der Waals surface area contributed by atoms with Gasteiger partial charge in [0.1, 0.15) is 36.4 Å². The van der Waals surface area contributed by atoms with E-state index in [1.165, 1.54) is 37.9 Å². The molecule has 0 saturated carbocycles. The summed E-state index contributed by atoms with van der Waals surface area (Å²) in [6.45, 7) is 0. The van der Waals surface area contributed by atoms with Crippen LogP contribution in [0.15, 0.2) is 29.7 Å². The summed E-state index contributed by atoms with van der Waals surface area (Å²) in [7, 11) is 1.39. The predicted molar refractivity (Wildman–Crippen MR) is 72.5 cm³/mol. The first-order valence-corrected chi connectivity index (χ1v) is 5.79. The maximum Gasteiger partial charge on any atom is 0.233 e. The van der Waals surface area contributed by atoms with Gasteiger partial charge in [0.2, 0.25) is 5.88 Å². The van der Waals surface area contributed by atoms with Crippen LogP contribution in [-0.2, 0) is 4.84 Å². The highest BCUT2D eigenvalue weighted by atomic mass is 35.5. The summed E-state index contributed by atoms with van der Waals surface area (Å²) in [4.78, 5) is 12.3. The van der Waals surface area contributed by atoms with E-state index in [0.717, 1.165) is 0 Å². The summed E-state index contributed by atoms with van der Waals surface area (Å²) in [5.41, 5.74) is 6.05. The molecule has 1 aromatic carbocycles. The van der Waals surface area contributed by atoms with Gasteiger partial charge in [-0.05, 0) is 12.1 Å². The fourth-order valence-electron chi connectivity index (χ4n) is 1.35. The summed E-state index contributed by atoms with van der Waals surface area (Å²) in [5.74, 6) is 0.0916. The van der Waals surface area contributed by atoms with Crippen molar-refractivity contribution in [2.45, 2.75) is 0 Å². The zero-order chi connectivity index (χ0) is 14.5. The quantitative estimate of drug-likeness (QED) is 0.692. The molecule has 104 valence electrons. The van der Waals surface area contributed by atoms with Crippen LogP contribution in [0.5, 0.6) is 11.6 Å². The zero-order valence-electron chi connectivity index (χ0n) is 10.4. The standard InChI is InChI=1S/C12H10ClFN4O2/c1-19-18-5-8-11(15)16-6-17-12(8)20-7-2-3-10(14)9(13)4-7/h2-6H,1H3,(H2,15,16,17)/b18-5+. The lowest BCUT2D eigenvalue weighted by atomic mass is 10.3. The van der Waals surface area contributed by atoms with Gasteiger partial charge in [-0.2, -0.15) is 0 Å². The highest BCUT2D eigenvalue weighted by molar-refractivity contribution is 6.30. The lowest BCUT2D eigenvalue weighted by Crippen LogP contribution is -2.02. The second-order valence-electron chi connectivity index (χ2n) is 3.57. The second-order valence-corrected chi connectivity index (χ2v) is 3.98. The number of oxime groups is 1. The van der Waals surface area contributed by atoms with Gasteiger partial charge in [0.15, 0.2) is 0 Å². The Kier molecular flexibility index (Phi) is 4.31. The van der Waals surface area contributed by atoms with Crippen molar-refractivity contribution in [3.8, 4) is 11.6 Å². The van der Waals surface area contributed by atoms with Crippen molar-refractivity contribution < 1.29 is 14.0 Å². The van der Waals surface area contributed by atoms with Crippen molar-refractivity contribution in [2.75, 3.05) is 12.8 Å². The van der Waals surface area contributed by atoms with Crippen LogP contribution < -0.4 is 10.5 Å². The molecule has 2 rings (SSSR count). The summed E-state index contributed by atoms with van der Waals surface area (Å²) in [6, 6.07) is 3.92. The smallest absolute Gasteiger partial charge is 0.233 e. The summed E-state index contributed by atoms with van der Waals surface area (Å²) in [6.07, 6.45) is 2.55. The highest BCUT2D eigenvalue weighted by Crippen LogP contribution is 2.27. The Morgan fingerprint density at radius 2 is 2.20 bits per heavy atom. The van der Waals surface area contributed by atoms with E-state index in [1.54, 1.807) is 0 Å². The molecule has 0 saturated heterocycles. The molecule has 0 amide bonds. The molecule has 0 spiro atoms. The Morgan fingerprint density at radius 3 is 2.90 bits per heavy atom. The van der Waals surface area contributed by atoms with Crippen LogP contribution in [0.1, 0.15) is 5.56 Å². The topological polar surface area (TPSA) is 82.6 Å². The average Bonchev–Trinajstić information content (AvgIpc) is 2.42. The van der Waals surface area contributed by atoms with Crippen molar-refractivity contribution in [1.82, 2.24) is 9.97 Å². The Bertz CT molecular complexity index is 651. The van der Waals surface area contributed by atoms with Crippen LogP contribution >= 0.6 is 11.6 Å². The fraction of sp³-hybridized carbons (Fsp3) is 0.0833. The van der Waals surface area contributed by atoms with Crippen LogP contribution in [0, 0.1) is 5.82 Å². The fourth-order valence-corrected chi connectivity index (χ4v) is 1.52. The molecule has 0 fully saturated rings. The number of nitrogen functional groups attached to an aromatic ring is 1. The Labute approximate surface area is 119 Å². The van der Waals surface area contributed by atoms with Crippen molar-refractivity contribution in [3.63, 3.8) is 0 Å². The van der Waals surface area contributed by atoms with Gasteiger partial charge in [0.05, 0.1) is 11.2 Å². The van der Waals surface area contributed by atoms with Crippen molar-refractivity contribution in [1.29, 1.82) is 0 Å². The average molecular weight is 297 g/mol. The van der Waals surface area contributed by atoms with Crippen molar-refractivity contribution >= 4 is 23.6 Å². The third-order valence-electron chi connectivity index (χ3n) is 2.27. The van der Waals surface area contributed by atoms with E-state index in [1.807, 2.05) is 0 Å². The largest absolute Gasteiger partial charge is 0.438 e. The van der Waals surface area contributed by atoms with Gasteiger partial charge in [-0.1, -0.05) is 16.8 Å². The molecule has 6 nitrogen and oxygen atoms in total. The first-order chi connectivity index (χ1) is 9.61. The maximum absolute atomic E-state index is 13.1. The molecule has 2 N–H and O–H groups in total. The summed E-state index contributed by atoms with van der Waals surface area (Å²) in [5, 5.41) is 3.53. The van der Waals surface area contributed by atoms with Crippen LogP contribution in [0.3, 0.4) is 0 Å². The number of aromatic nitrogens is 2. The Hall–Kier alpha value is -2.41. The molecule has 1 heterocycles. The third kappa shape index (κ3) is 3.12. The minimum absolute atomic E-state index is 0.0587. The predicted octanol–water partition coefficient (Wildman–Crippen LogP) is 2.62. The van der Waals surface area contributed by atoms with Crippen LogP contribution in [0.4, 0.5) is 10.2 Å². The molecule has 0 unspecified atom stereocenters. The van der Waals surface area contributed by atoms with E-state index in [0.29, 0.717) is 11.3 Å². The number of ether oxygens (including phenoxy) is 1. The second kappa shape index (κ2) is 6.16. The van der Waals surface area contributed by atoms with Gasteiger partial charge < -0.3 is 15.3 Å².